The minimum Gasteiger partial charge on any atom is -0.296 e. The van der Waals surface area contributed by atoms with Crippen LogP contribution in [0.1, 0.15) is 40.0 Å². The van der Waals surface area contributed by atoms with Crippen molar-refractivity contribution in [1.82, 2.24) is 18.8 Å². The monoisotopic (exact) mass is 383 g/mol. The van der Waals surface area contributed by atoms with Gasteiger partial charge in [-0.3, -0.25) is 9.69 Å². The molecule has 146 valence electrons. The highest BCUT2D eigenvalue weighted by Gasteiger charge is 2.37. The van der Waals surface area contributed by atoms with Crippen LogP contribution in [0.4, 0.5) is 5.82 Å². The Morgan fingerprint density at radius 1 is 1.27 bits per heavy atom. The summed E-state index contributed by atoms with van der Waals surface area (Å²) in [6.45, 7) is 8.35. The van der Waals surface area contributed by atoms with Gasteiger partial charge in [-0.1, -0.05) is 13.8 Å². The highest BCUT2D eigenvalue weighted by Crippen LogP contribution is 2.25. The molecule has 9 heteroatoms. The second-order valence-electron chi connectivity index (χ2n) is 7.58. The fourth-order valence-electron chi connectivity index (χ4n) is 4.07. The van der Waals surface area contributed by atoms with Gasteiger partial charge >= 0.3 is 0 Å². The molecule has 0 bridgehead atoms. The number of amides is 1. The van der Waals surface area contributed by atoms with Gasteiger partial charge in [0.15, 0.2) is 0 Å². The van der Waals surface area contributed by atoms with E-state index in [1.807, 2.05) is 6.92 Å². The van der Waals surface area contributed by atoms with Gasteiger partial charge in [0.2, 0.25) is 5.91 Å². The molecular weight excluding hydrogens is 354 g/mol. The average Bonchev–Trinajstić information content (AvgIpc) is 3.04. The number of nitrogens with one attached hydrogen (secondary N) is 1. The SMILES string of the molecule is CCn1nccc1N1CCC[C@H](NS(=O)(=O)N2C[C@H](C)C[C@@H](C)C2)C1=O. The summed E-state index contributed by atoms with van der Waals surface area (Å²) in [4.78, 5) is 14.6. The highest BCUT2D eigenvalue weighted by atomic mass is 32.2. The van der Waals surface area contributed by atoms with Gasteiger partial charge in [-0.05, 0) is 38.0 Å². The van der Waals surface area contributed by atoms with Gasteiger partial charge in [0.1, 0.15) is 11.9 Å². The van der Waals surface area contributed by atoms with E-state index in [-0.39, 0.29) is 5.91 Å². The van der Waals surface area contributed by atoms with Crippen LogP contribution < -0.4 is 9.62 Å². The molecule has 2 aliphatic rings. The summed E-state index contributed by atoms with van der Waals surface area (Å²) in [5, 5.41) is 4.21. The van der Waals surface area contributed by atoms with Crippen molar-refractivity contribution in [3.05, 3.63) is 12.3 Å². The summed E-state index contributed by atoms with van der Waals surface area (Å²) < 4.78 is 31.6. The Morgan fingerprint density at radius 3 is 2.62 bits per heavy atom. The summed E-state index contributed by atoms with van der Waals surface area (Å²) in [6.07, 6.45) is 3.97. The van der Waals surface area contributed by atoms with E-state index < -0.39 is 16.3 Å². The normalized spacial score (nSPS) is 28.5. The van der Waals surface area contributed by atoms with Crippen LogP contribution >= 0.6 is 0 Å². The number of carbonyl (C=O) groups is 1. The molecule has 0 unspecified atom stereocenters. The van der Waals surface area contributed by atoms with Gasteiger partial charge in [0.05, 0.1) is 6.20 Å². The molecule has 0 saturated carbocycles. The zero-order chi connectivity index (χ0) is 18.9. The number of rotatable bonds is 5. The van der Waals surface area contributed by atoms with Crippen LogP contribution in [0.15, 0.2) is 12.3 Å². The lowest BCUT2D eigenvalue weighted by Crippen LogP contribution is -2.57. The van der Waals surface area contributed by atoms with Crippen LogP contribution in [-0.4, -0.2) is 54.1 Å². The third-order valence-electron chi connectivity index (χ3n) is 5.18. The Kier molecular flexibility index (Phi) is 5.69. The molecule has 2 saturated heterocycles. The molecule has 26 heavy (non-hydrogen) atoms. The number of piperidine rings is 2. The molecule has 0 radical (unpaired) electrons. The summed E-state index contributed by atoms with van der Waals surface area (Å²) in [7, 11) is -3.68. The number of anilines is 1. The van der Waals surface area contributed by atoms with Crippen molar-refractivity contribution in [1.29, 1.82) is 0 Å². The summed E-state index contributed by atoms with van der Waals surface area (Å²) in [5.74, 6) is 1.18. The molecule has 0 spiro atoms. The lowest BCUT2D eigenvalue weighted by atomic mass is 9.94. The Balaban J connectivity index is 1.73. The van der Waals surface area contributed by atoms with Crippen molar-refractivity contribution >= 4 is 21.9 Å². The average molecular weight is 384 g/mol. The van der Waals surface area contributed by atoms with Gasteiger partial charge < -0.3 is 0 Å². The Hall–Kier alpha value is -1.45. The zero-order valence-electron chi connectivity index (χ0n) is 15.8. The second-order valence-corrected chi connectivity index (χ2v) is 9.28. The van der Waals surface area contributed by atoms with E-state index in [4.69, 9.17) is 0 Å². The Morgan fingerprint density at radius 2 is 1.96 bits per heavy atom. The fourth-order valence-corrected chi connectivity index (χ4v) is 5.70. The Bertz CT molecular complexity index is 737. The third kappa shape index (κ3) is 3.94. The summed E-state index contributed by atoms with van der Waals surface area (Å²) in [5.41, 5.74) is 0. The van der Waals surface area contributed by atoms with Crippen molar-refractivity contribution in [2.45, 2.75) is 52.6 Å². The number of aromatic nitrogens is 2. The molecule has 0 aliphatic carbocycles. The van der Waals surface area contributed by atoms with Crippen molar-refractivity contribution < 1.29 is 13.2 Å². The van der Waals surface area contributed by atoms with Crippen LogP contribution in [0.25, 0.3) is 0 Å². The number of hydrogen-bond acceptors (Lipinski definition) is 4. The molecular formula is C17H29N5O3S. The lowest BCUT2D eigenvalue weighted by Gasteiger charge is -2.37. The van der Waals surface area contributed by atoms with Crippen molar-refractivity contribution in [3.8, 4) is 0 Å². The third-order valence-corrected chi connectivity index (χ3v) is 6.74. The quantitative estimate of drug-likeness (QED) is 0.828. The second kappa shape index (κ2) is 7.66. The van der Waals surface area contributed by atoms with Crippen LogP contribution in [0.3, 0.4) is 0 Å². The zero-order valence-corrected chi connectivity index (χ0v) is 16.6. The molecule has 2 aliphatic heterocycles. The van der Waals surface area contributed by atoms with E-state index in [9.17, 15) is 13.2 Å². The van der Waals surface area contributed by atoms with Crippen molar-refractivity contribution in [2.75, 3.05) is 24.5 Å². The standard InChI is InChI=1S/C17H29N5O3S/c1-4-22-16(7-8-18-22)21-9-5-6-15(17(21)23)19-26(24,25)20-11-13(2)10-14(3)12-20/h7-8,13-15,19H,4-6,9-12H2,1-3H3/t13-,14-,15+/m1/s1. The van der Waals surface area contributed by atoms with E-state index in [0.29, 0.717) is 44.4 Å². The molecule has 1 N–H and O–H groups in total. The molecule has 3 rings (SSSR count). The van der Waals surface area contributed by atoms with Crippen LogP contribution in [0, 0.1) is 11.8 Å². The van der Waals surface area contributed by atoms with Crippen LogP contribution in [-0.2, 0) is 21.5 Å². The fraction of sp³-hybridized carbons (Fsp3) is 0.765. The van der Waals surface area contributed by atoms with Gasteiger partial charge in [-0.15, -0.1) is 0 Å². The number of aryl methyl sites for hydroxylation is 1. The first-order valence-corrected chi connectivity index (χ1v) is 10.9. The van der Waals surface area contributed by atoms with E-state index >= 15 is 0 Å². The molecule has 1 aromatic heterocycles. The summed E-state index contributed by atoms with van der Waals surface area (Å²) >= 11 is 0. The maximum absolute atomic E-state index is 12.9. The molecule has 1 amide bonds. The number of nitrogens with zero attached hydrogens (tertiary/aromatic N) is 4. The van der Waals surface area contributed by atoms with Crippen LogP contribution in [0.5, 0.6) is 0 Å². The van der Waals surface area contributed by atoms with E-state index in [0.717, 1.165) is 18.7 Å². The highest BCUT2D eigenvalue weighted by molar-refractivity contribution is 7.87. The first kappa shape index (κ1) is 19.3. The molecule has 8 nitrogen and oxygen atoms in total. The molecule has 3 heterocycles. The minimum atomic E-state index is -3.68. The maximum Gasteiger partial charge on any atom is 0.280 e. The van der Waals surface area contributed by atoms with Crippen molar-refractivity contribution in [2.24, 2.45) is 11.8 Å². The minimum absolute atomic E-state index is 0.201. The van der Waals surface area contributed by atoms with E-state index in [1.54, 1.807) is 21.8 Å². The number of hydrogen-bond donors (Lipinski definition) is 1. The molecule has 3 atom stereocenters. The van der Waals surface area contributed by atoms with Gasteiger partial charge in [0, 0.05) is 32.2 Å². The van der Waals surface area contributed by atoms with Crippen LogP contribution in [0.2, 0.25) is 0 Å². The molecule has 2 fully saturated rings. The van der Waals surface area contributed by atoms with Gasteiger partial charge in [-0.25, -0.2) is 4.68 Å². The largest absolute Gasteiger partial charge is 0.296 e. The van der Waals surface area contributed by atoms with Crippen molar-refractivity contribution in [3.63, 3.8) is 0 Å². The maximum atomic E-state index is 12.9. The smallest absolute Gasteiger partial charge is 0.280 e. The van der Waals surface area contributed by atoms with E-state index in [1.165, 1.54) is 4.31 Å². The lowest BCUT2D eigenvalue weighted by molar-refractivity contribution is -0.121. The summed E-state index contributed by atoms with van der Waals surface area (Å²) in [6, 6.07) is 1.08. The predicted octanol–water partition coefficient (Wildman–Crippen LogP) is 1.21. The van der Waals surface area contributed by atoms with E-state index in [2.05, 4.69) is 23.7 Å². The Labute approximate surface area is 155 Å². The first-order valence-electron chi connectivity index (χ1n) is 9.42. The van der Waals surface area contributed by atoms with Gasteiger partial charge in [0.25, 0.3) is 10.2 Å². The number of carbonyl (C=O) groups excluding carboxylic acids is 1. The molecule has 1 aromatic rings. The topological polar surface area (TPSA) is 87.5 Å². The van der Waals surface area contributed by atoms with Gasteiger partial charge in [-0.2, -0.15) is 22.5 Å². The first-order chi connectivity index (χ1) is 12.3. The molecule has 0 aromatic carbocycles. The predicted molar refractivity (Wildman–Crippen MR) is 99.8 cm³/mol.